The third-order valence-corrected chi connectivity index (χ3v) is 3.64. The summed E-state index contributed by atoms with van der Waals surface area (Å²) in [6.45, 7) is 4.40. The smallest absolute Gasteiger partial charge is 0.295 e. The van der Waals surface area contributed by atoms with Crippen LogP contribution in [-0.4, -0.2) is 35.5 Å². The average Bonchev–Trinajstić information content (AvgIpc) is 2.44. The van der Waals surface area contributed by atoms with E-state index in [0.29, 0.717) is 6.54 Å². The Labute approximate surface area is 122 Å². The van der Waals surface area contributed by atoms with Crippen molar-refractivity contribution in [2.45, 2.75) is 32.2 Å². The van der Waals surface area contributed by atoms with Crippen LogP contribution in [0.5, 0.6) is 0 Å². The SMILES string of the molecule is CC(CN1CCCCC1)Nc1c([N+](=O)[O-])ccc(F)c1F. The van der Waals surface area contributed by atoms with Crippen molar-refractivity contribution in [1.29, 1.82) is 0 Å². The van der Waals surface area contributed by atoms with E-state index < -0.39 is 22.2 Å². The van der Waals surface area contributed by atoms with Gasteiger partial charge >= 0.3 is 0 Å². The zero-order valence-electron chi connectivity index (χ0n) is 11.9. The second-order valence-electron chi connectivity index (χ2n) is 5.42. The molecule has 1 fully saturated rings. The Hall–Kier alpha value is -1.76. The van der Waals surface area contributed by atoms with Crippen molar-refractivity contribution in [3.05, 3.63) is 33.9 Å². The molecular formula is C14H19F2N3O2. The fraction of sp³-hybridized carbons (Fsp3) is 0.571. The third-order valence-electron chi connectivity index (χ3n) is 3.64. The Kier molecular flexibility index (Phi) is 5.06. The van der Waals surface area contributed by atoms with Gasteiger partial charge in [-0.2, -0.15) is 0 Å². The summed E-state index contributed by atoms with van der Waals surface area (Å²) in [6, 6.07) is 1.54. The molecule has 116 valence electrons. The Bertz CT molecular complexity index is 519. The van der Waals surface area contributed by atoms with Crippen LogP contribution in [0.15, 0.2) is 12.1 Å². The molecule has 0 aromatic heterocycles. The fourth-order valence-corrected chi connectivity index (χ4v) is 2.65. The van der Waals surface area contributed by atoms with E-state index >= 15 is 0 Å². The van der Waals surface area contributed by atoms with Crippen molar-refractivity contribution in [2.24, 2.45) is 0 Å². The lowest BCUT2D eigenvalue weighted by molar-refractivity contribution is -0.384. The van der Waals surface area contributed by atoms with Gasteiger partial charge in [-0.1, -0.05) is 6.42 Å². The molecule has 1 unspecified atom stereocenters. The maximum atomic E-state index is 13.8. The summed E-state index contributed by atoms with van der Waals surface area (Å²) in [6.07, 6.45) is 3.46. The number of rotatable bonds is 5. The highest BCUT2D eigenvalue weighted by molar-refractivity contribution is 5.63. The van der Waals surface area contributed by atoms with Crippen LogP contribution in [0.3, 0.4) is 0 Å². The molecule has 7 heteroatoms. The van der Waals surface area contributed by atoms with E-state index in [1.165, 1.54) is 6.42 Å². The van der Waals surface area contributed by atoms with Gasteiger partial charge in [0.1, 0.15) is 0 Å². The van der Waals surface area contributed by atoms with Gasteiger partial charge in [-0.15, -0.1) is 0 Å². The van der Waals surface area contributed by atoms with E-state index in [1.54, 1.807) is 0 Å². The second kappa shape index (κ2) is 6.80. The van der Waals surface area contributed by atoms with Crippen LogP contribution in [0, 0.1) is 21.7 Å². The molecule has 21 heavy (non-hydrogen) atoms. The van der Waals surface area contributed by atoms with Gasteiger partial charge in [-0.05, 0) is 38.9 Å². The first-order valence-corrected chi connectivity index (χ1v) is 7.10. The number of nitrogens with one attached hydrogen (secondary N) is 1. The largest absolute Gasteiger partial charge is 0.373 e. The molecule has 5 nitrogen and oxygen atoms in total. The molecule has 0 radical (unpaired) electrons. The van der Waals surface area contributed by atoms with Crippen LogP contribution < -0.4 is 5.32 Å². The summed E-state index contributed by atoms with van der Waals surface area (Å²) in [5.74, 6) is -2.29. The summed E-state index contributed by atoms with van der Waals surface area (Å²) in [7, 11) is 0. The van der Waals surface area contributed by atoms with E-state index in [2.05, 4.69) is 10.2 Å². The molecule has 1 heterocycles. The second-order valence-corrected chi connectivity index (χ2v) is 5.42. The molecule has 1 N–H and O–H groups in total. The molecule has 0 bridgehead atoms. The molecule has 1 aromatic rings. The number of hydrogen-bond acceptors (Lipinski definition) is 4. The highest BCUT2D eigenvalue weighted by atomic mass is 19.2. The van der Waals surface area contributed by atoms with Crippen LogP contribution in [-0.2, 0) is 0 Å². The van der Waals surface area contributed by atoms with E-state index in [1.807, 2.05) is 6.92 Å². The lowest BCUT2D eigenvalue weighted by atomic mass is 10.1. The zero-order chi connectivity index (χ0) is 15.4. The lowest BCUT2D eigenvalue weighted by Crippen LogP contribution is -2.38. The van der Waals surface area contributed by atoms with Gasteiger partial charge < -0.3 is 10.2 Å². The molecule has 1 saturated heterocycles. The quantitative estimate of drug-likeness (QED) is 0.670. The Morgan fingerprint density at radius 1 is 1.33 bits per heavy atom. The van der Waals surface area contributed by atoms with Crippen LogP contribution in [0.2, 0.25) is 0 Å². The Morgan fingerprint density at radius 2 is 2.00 bits per heavy atom. The zero-order valence-corrected chi connectivity index (χ0v) is 11.9. The van der Waals surface area contributed by atoms with Gasteiger partial charge in [0.2, 0.25) is 0 Å². The summed E-state index contributed by atoms with van der Waals surface area (Å²) >= 11 is 0. The van der Waals surface area contributed by atoms with Crippen LogP contribution >= 0.6 is 0 Å². The first-order valence-electron chi connectivity index (χ1n) is 7.10. The number of nitro benzene ring substituents is 1. The summed E-state index contributed by atoms with van der Waals surface area (Å²) in [5, 5.41) is 13.7. The first-order chi connectivity index (χ1) is 9.99. The monoisotopic (exact) mass is 299 g/mol. The number of nitro groups is 1. The summed E-state index contributed by atoms with van der Waals surface area (Å²) in [4.78, 5) is 12.4. The van der Waals surface area contributed by atoms with Gasteiger partial charge in [0.25, 0.3) is 5.69 Å². The van der Waals surface area contributed by atoms with Crippen molar-refractivity contribution >= 4 is 11.4 Å². The number of piperidine rings is 1. The molecule has 2 rings (SSSR count). The number of halogens is 2. The highest BCUT2D eigenvalue weighted by Gasteiger charge is 2.23. The predicted octanol–water partition coefficient (Wildman–Crippen LogP) is 3.16. The minimum atomic E-state index is -1.20. The first kappa shape index (κ1) is 15.6. The van der Waals surface area contributed by atoms with Gasteiger partial charge in [0, 0.05) is 18.7 Å². The van der Waals surface area contributed by atoms with Crippen LogP contribution in [0.4, 0.5) is 20.2 Å². The standard InChI is InChI=1S/C14H19F2N3O2/c1-10(9-18-7-3-2-4-8-18)17-14-12(19(20)21)6-5-11(15)13(14)16/h5-6,10,17H,2-4,7-9H2,1H3. The highest BCUT2D eigenvalue weighted by Crippen LogP contribution is 2.29. The van der Waals surface area contributed by atoms with Crippen molar-refractivity contribution in [2.75, 3.05) is 25.0 Å². The summed E-state index contributed by atoms with van der Waals surface area (Å²) < 4.78 is 27.1. The van der Waals surface area contributed by atoms with Crippen molar-refractivity contribution < 1.29 is 13.7 Å². The van der Waals surface area contributed by atoms with Gasteiger partial charge in [-0.25, -0.2) is 8.78 Å². The Balaban J connectivity index is 2.10. The van der Waals surface area contributed by atoms with Gasteiger partial charge in [-0.3, -0.25) is 10.1 Å². The minimum Gasteiger partial charge on any atom is -0.373 e. The molecule has 1 atom stereocenters. The number of nitrogens with zero attached hydrogens (tertiary/aromatic N) is 2. The van der Waals surface area contributed by atoms with E-state index in [0.717, 1.165) is 38.1 Å². The molecule has 0 spiro atoms. The minimum absolute atomic E-state index is 0.210. The maximum Gasteiger partial charge on any atom is 0.295 e. The maximum absolute atomic E-state index is 13.8. The molecule has 0 aliphatic carbocycles. The number of likely N-dealkylation sites (tertiary alicyclic amines) is 1. The molecular weight excluding hydrogens is 280 g/mol. The van der Waals surface area contributed by atoms with E-state index in [9.17, 15) is 18.9 Å². The van der Waals surface area contributed by atoms with Crippen molar-refractivity contribution in [3.63, 3.8) is 0 Å². The molecule has 1 aromatic carbocycles. The normalized spacial score (nSPS) is 17.5. The van der Waals surface area contributed by atoms with Crippen LogP contribution in [0.25, 0.3) is 0 Å². The van der Waals surface area contributed by atoms with E-state index in [4.69, 9.17) is 0 Å². The molecule has 1 aliphatic heterocycles. The van der Waals surface area contributed by atoms with Crippen molar-refractivity contribution in [1.82, 2.24) is 4.90 Å². The predicted molar refractivity (Wildman–Crippen MR) is 76.4 cm³/mol. The number of anilines is 1. The lowest BCUT2D eigenvalue weighted by Gasteiger charge is -2.29. The van der Waals surface area contributed by atoms with Gasteiger partial charge in [0.15, 0.2) is 17.3 Å². The Morgan fingerprint density at radius 3 is 2.62 bits per heavy atom. The van der Waals surface area contributed by atoms with Crippen molar-refractivity contribution in [3.8, 4) is 0 Å². The number of hydrogen-bond donors (Lipinski definition) is 1. The number of benzene rings is 1. The summed E-state index contributed by atoms with van der Waals surface area (Å²) in [5.41, 5.74) is -0.816. The molecule has 0 saturated carbocycles. The third kappa shape index (κ3) is 3.87. The molecule has 0 amide bonds. The average molecular weight is 299 g/mol. The van der Waals surface area contributed by atoms with E-state index in [-0.39, 0.29) is 11.7 Å². The topological polar surface area (TPSA) is 58.4 Å². The van der Waals surface area contributed by atoms with Gasteiger partial charge in [0.05, 0.1) is 4.92 Å². The van der Waals surface area contributed by atoms with Crippen LogP contribution in [0.1, 0.15) is 26.2 Å². The molecule has 1 aliphatic rings. The fourth-order valence-electron chi connectivity index (χ4n) is 2.65.